The molecular weight excluding hydrogens is 288 g/mol. The normalized spacial score (nSPS) is 19.1. The average Bonchev–Trinajstić information content (AvgIpc) is 2.47. The minimum absolute atomic E-state index is 0.297. The maximum absolute atomic E-state index is 5.98. The van der Waals surface area contributed by atoms with Gasteiger partial charge in [0.25, 0.3) is 0 Å². The van der Waals surface area contributed by atoms with E-state index in [1.54, 1.807) is 18.9 Å². The molecule has 1 unspecified atom stereocenters. The Morgan fingerprint density at radius 3 is 3.00 bits per heavy atom. The second-order valence-electron chi connectivity index (χ2n) is 4.89. The topological polar surface area (TPSA) is 38.5 Å². The molecule has 2 N–H and O–H groups in total. The van der Waals surface area contributed by atoms with Gasteiger partial charge in [-0.3, -0.25) is 0 Å². The van der Waals surface area contributed by atoms with Crippen LogP contribution < -0.4 is 10.6 Å². The second kappa shape index (κ2) is 7.29. The highest BCUT2D eigenvalue weighted by Crippen LogP contribution is 2.32. The smallest absolute Gasteiger partial charge is 0.107 e. The molecule has 1 fully saturated rings. The molecule has 0 amide bonds. The molecule has 1 heterocycles. The highest BCUT2D eigenvalue weighted by atomic mass is 32.2. The number of ether oxygens (including phenoxy) is 1. The van der Waals surface area contributed by atoms with Crippen LogP contribution in [-0.4, -0.2) is 37.0 Å². The van der Waals surface area contributed by atoms with Crippen LogP contribution in [0, 0.1) is 0 Å². The van der Waals surface area contributed by atoms with Crippen molar-refractivity contribution in [3.05, 3.63) is 23.8 Å². The summed E-state index contributed by atoms with van der Waals surface area (Å²) < 4.78 is 5.51. The molecule has 5 heteroatoms. The van der Waals surface area contributed by atoms with Gasteiger partial charge >= 0.3 is 0 Å². The molecule has 0 saturated carbocycles. The molecular formula is C15H22N2OS2. The van der Waals surface area contributed by atoms with E-state index < -0.39 is 0 Å². The van der Waals surface area contributed by atoms with Gasteiger partial charge in [-0.05, 0) is 30.7 Å². The molecule has 1 saturated heterocycles. The van der Waals surface area contributed by atoms with Gasteiger partial charge in [0.1, 0.15) is 4.99 Å². The van der Waals surface area contributed by atoms with Crippen LogP contribution >= 0.6 is 24.0 Å². The number of benzene rings is 1. The summed E-state index contributed by atoms with van der Waals surface area (Å²) in [6.07, 6.45) is 2.56. The van der Waals surface area contributed by atoms with Gasteiger partial charge in [0.05, 0.1) is 6.10 Å². The highest BCUT2D eigenvalue weighted by Gasteiger charge is 2.23. The molecule has 0 aromatic heterocycles. The maximum Gasteiger partial charge on any atom is 0.107 e. The van der Waals surface area contributed by atoms with Crippen LogP contribution in [0.15, 0.2) is 23.1 Å². The molecule has 1 aliphatic heterocycles. The van der Waals surface area contributed by atoms with Crippen molar-refractivity contribution in [1.82, 2.24) is 0 Å². The van der Waals surface area contributed by atoms with Gasteiger partial charge in [-0.15, -0.1) is 11.8 Å². The molecule has 1 aliphatic rings. The molecule has 3 nitrogen and oxygen atoms in total. The second-order valence-corrected chi connectivity index (χ2v) is 6.64. The summed E-state index contributed by atoms with van der Waals surface area (Å²) in [6.45, 7) is 4.09. The van der Waals surface area contributed by atoms with Crippen LogP contribution in [-0.2, 0) is 4.74 Å². The number of rotatable bonds is 5. The van der Waals surface area contributed by atoms with E-state index in [1.165, 1.54) is 4.90 Å². The van der Waals surface area contributed by atoms with Gasteiger partial charge < -0.3 is 15.4 Å². The minimum atomic E-state index is 0.297. The van der Waals surface area contributed by atoms with Crippen molar-refractivity contribution in [2.45, 2.75) is 30.8 Å². The van der Waals surface area contributed by atoms with Crippen molar-refractivity contribution < 1.29 is 4.74 Å². The Kier molecular flexibility index (Phi) is 5.69. The Morgan fingerprint density at radius 2 is 2.35 bits per heavy atom. The first kappa shape index (κ1) is 15.6. The Hall–Kier alpha value is -0.780. The van der Waals surface area contributed by atoms with E-state index in [9.17, 15) is 0 Å². The first-order valence-electron chi connectivity index (χ1n) is 7.00. The molecule has 0 aliphatic carbocycles. The van der Waals surface area contributed by atoms with Crippen LogP contribution in [0.25, 0.3) is 0 Å². The monoisotopic (exact) mass is 310 g/mol. The van der Waals surface area contributed by atoms with Crippen molar-refractivity contribution in [2.24, 2.45) is 5.73 Å². The number of hydrogen-bond acceptors (Lipinski definition) is 4. The summed E-state index contributed by atoms with van der Waals surface area (Å²) in [5, 5.41) is 0. The third-order valence-corrected chi connectivity index (χ3v) is 4.75. The van der Waals surface area contributed by atoms with Crippen LogP contribution in [0.2, 0.25) is 0 Å². The molecule has 0 bridgehead atoms. The fourth-order valence-electron chi connectivity index (χ4n) is 2.66. The predicted molar refractivity (Wildman–Crippen MR) is 91.0 cm³/mol. The number of hydrogen-bond donors (Lipinski definition) is 1. The van der Waals surface area contributed by atoms with Gasteiger partial charge in [-0.1, -0.05) is 25.2 Å². The van der Waals surface area contributed by atoms with Gasteiger partial charge in [-0.2, -0.15) is 0 Å². The minimum Gasteiger partial charge on any atom is -0.389 e. The summed E-state index contributed by atoms with van der Waals surface area (Å²) in [5.74, 6) is 1.01. The lowest BCUT2D eigenvalue weighted by Crippen LogP contribution is -2.40. The molecule has 2 rings (SSSR count). The first-order valence-corrected chi connectivity index (χ1v) is 8.40. The van der Waals surface area contributed by atoms with Gasteiger partial charge in [0, 0.05) is 36.3 Å². The van der Waals surface area contributed by atoms with Crippen molar-refractivity contribution in [2.75, 3.05) is 30.9 Å². The van der Waals surface area contributed by atoms with E-state index in [1.807, 2.05) is 0 Å². The van der Waals surface area contributed by atoms with E-state index >= 15 is 0 Å². The quantitative estimate of drug-likeness (QED) is 0.668. The summed E-state index contributed by atoms with van der Waals surface area (Å²) in [4.78, 5) is 4.01. The molecule has 1 aromatic rings. The zero-order valence-corrected chi connectivity index (χ0v) is 13.7. The summed E-state index contributed by atoms with van der Waals surface area (Å²) in [6, 6.07) is 6.31. The molecule has 0 spiro atoms. The average molecular weight is 310 g/mol. The Balaban J connectivity index is 2.34. The van der Waals surface area contributed by atoms with Crippen LogP contribution in [0.1, 0.15) is 25.3 Å². The third kappa shape index (κ3) is 3.45. The number of piperidine rings is 1. The predicted octanol–water partition coefficient (Wildman–Crippen LogP) is 3.05. The van der Waals surface area contributed by atoms with Crippen LogP contribution in [0.4, 0.5) is 5.69 Å². The van der Waals surface area contributed by atoms with E-state index in [0.717, 1.165) is 42.9 Å². The van der Waals surface area contributed by atoms with Crippen molar-refractivity contribution >= 4 is 34.7 Å². The van der Waals surface area contributed by atoms with Crippen molar-refractivity contribution in [1.29, 1.82) is 0 Å². The Labute approximate surface area is 130 Å². The SMILES string of the molecule is CCSc1cccc(N2CCCC(OC)C2)c1C(N)=S. The molecule has 1 aromatic carbocycles. The van der Waals surface area contributed by atoms with Crippen molar-refractivity contribution in [3.63, 3.8) is 0 Å². The highest BCUT2D eigenvalue weighted by molar-refractivity contribution is 7.99. The summed E-state index contributed by atoms with van der Waals surface area (Å²) in [5.41, 5.74) is 8.15. The maximum atomic E-state index is 5.98. The van der Waals surface area contributed by atoms with E-state index in [-0.39, 0.29) is 0 Å². The molecule has 0 radical (unpaired) electrons. The van der Waals surface area contributed by atoms with Gasteiger partial charge in [0.2, 0.25) is 0 Å². The number of nitrogens with two attached hydrogens (primary N) is 1. The number of thiocarbonyl (C=S) groups is 1. The van der Waals surface area contributed by atoms with Crippen LogP contribution in [0.3, 0.4) is 0 Å². The van der Waals surface area contributed by atoms with E-state index in [0.29, 0.717) is 11.1 Å². The third-order valence-electron chi connectivity index (χ3n) is 3.60. The first-order chi connectivity index (χ1) is 9.67. The zero-order chi connectivity index (χ0) is 14.5. The zero-order valence-electron chi connectivity index (χ0n) is 12.1. The number of anilines is 1. The molecule has 1 atom stereocenters. The lowest BCUT2D eigenvalue weighted by Gasteiger charge is -2.35. The largest absolute Gasteiger partial charge is 0.389 e. The number of thioether (sulfide) groups is 1. The lowest BCUT2D eigenvalue weighted by molar-refractivity contribution is 0.0893. The van der Waals surface area contributed by atoms with Gasteiger partial charge in [-0.25, -0.2) is 0 Å². The fraction of sp³-hybridized carbons (Fsp3) is 0.533. The molecule has 20 heavy (non-hydrogen) atoms. The van der Waals surface area contributed by atoms with Crippen LogP contribution in [0.5, 0.6) is 0 Å². The van der Waals surface area contributed by atoms with Gasteiger partial charge in [0.15, 0.2) is 0 Å². The van der Waals surface area contributed by atoms with E-state index in [2.05, 4.69) is 30.0 Å². The number of methoxy groups -OCH3 is 1. The fourth-order valence-corrected chi connectivity index (χ4v) is 3.78. The molecule has 110 valence electrons. The number of nitrogens with zero attached hydrogens (tertiary/aromatic N) is 1. The van der Waals surface area contributed by atoms with Crippen molar-refractivity contribution in [3.8, 4) is 0 Å². The Bertz CT molecular complexity index is 479. The lowest BCUT2D eigenvalue weighted by atomic mass is 10.0. The summed E-state index contributed by atoms with van der Waals surface area (Å²) >= 11 is 7.07. The van der Waals surface area contributed by atoms with E-state index in [4.69, 9.17) is 22.7 Å². The standard InChI is InChI=1S/C15H22N2OS2/c1-3-20-13-8-4-7-12(14(13)15(16)19)17-9-5-6-11(10-17)18-2/h4,7-8,11H,3,5-6,9-10H2,1-2H3,(H2,16,19). The summed E-state index contributed by atoms with van der Waals surface area (Å²) in [7, 11) is 1.78. The Morgan fingerprint density at radius 1 is 1.55 bits per heavy atom.